The highest BCUT2D eigenvalue weighted by Gasteiger charge is 2.21. The minimum absolute atomic E-state index is 0.0939. The van der Waals surface area contributed by atoms with Crippen LogP contribution in [0.4, 0.5) is 0 Å². The van der Waals surface area contributed by atoms with Gasteiger partial charge in [0.1, 0.15) is 0 Å². The lowest BCUT2D eigenvalue weighted by Gasteiger charge is -2.18. The van der Waals surface area contributed by atoms with E-state index >= 15 is 0 Å². The third-order valence-electron chi connectivity index (χ3n) is 2.68. The van der Waals surface area contributed by atoms with Crippen LogP contribution in [0.5, 0.6) is 0 Å². The lowest BCUT2D eigenvalue weighted by Crippen LogP contribution is -2.16. The van der Waals surface area contributed by atoms with Gasteiger partial charge in [0.15, 0.2) is 0 Å². The van der Waals surface area contributed by atoms with Crippen molar-refractivity contribution in [3.63, 3.8) is 0 Å². The molecule has 0 heterocycles. The summed E-state index contributed by atoms with van der Waals surface area (Å²) in [7, 11) is -3.67. The van der Waals surface area contributed by atoms with Crippen molar-refractivity contribution >= 4 is 26.0 Å². The first-order valence-electron chi connectivity index (χ1n) is 5.51. The Kier molecular flexibility index (Phi) is 4.38. The van der Waals surface area contributed by atoms with E-state index in [1.165, 1.54) is 0 Å². The molecule has 96 valence electrons. The van der Waals surface area contributed by atoms with Gasteiger partial charge >= 0.3 is 0 Å². The molecule has 0 radical (unpaired) electrons. The second kappa shape index (κ2) is 5.08. The normalized spacial score (nSPS) is 12.5. The topological polar surface area (TPSA) is 60.2 Å². The van der Waals surface area contributed by atoms with Crippen LogP contribution >= 0.6 is 15.9 Å². The highest BCUT2D eigenvalue weighted by molar-refractivity contribution is 9.10. The number of hydrogen-bond donors (Lipinski definition) is 1. The largest absolute Gasteiger partial charge is 0.238 e. The summed E-state index contributed by atoms with van der Waals surface area (Å²) in [4.78, 5) is 0.212. The summed E-state index contributed by atoms with van der Waals surface area (Å²) in [5.41, 5.74) is 1.86. The molecular formula is C12H18BrNO2S. The quantitative estimate of drug-likeness (QED) is 0.928. The Labute approximate surface area is 112 Å². The van der Waals surface area contributed by atoms with Crippen LogP contribution in [-0.4, -0.2) is 8.42 Å². The van der Waals surface area contributed by atoms with Crippen molar-refractivity contribution in [3.8, 4) is 0 Å². The zero-order valence-electron chi connectivity index (χ0n) is 10.5. The first kappa shape index (κ1) is 14.7. The zero-order valence-corrected chi connectivity index (χ0v) is 12.9. The summed E-state index contributed by atoms with van der Waals surface area (Å²) in [5, 5.41) is 5.24. The molecule has 0 fully saturated rings. The van der Waals surface area contributed by atoms with Crippen molar-refractivity contribution in [1.29, 1.82) is 0 Å². The fraction of sp³-hybridized carbons (Fsp3) is 0.500. The number of rotatable bonds is 3. The van der Waals surface area contributed by atoms with E-state index in [1.807, 2.05) is 19.9 Å². The van der Waals surface area contributed by atoms with Crippen molar-refractivity contribution in [3.05, 3.63) is 27.7 Å². The van der Waals surface area contributed by atoms with Gasteiger partial charge in [0.05, 0.1) is 4.90 Å². The highest BCUT2D eigenvalue weighted by Crippen LogP contribution is 2.36. The van der Waals surface area contributed by atoms with Crippen LogP contribution in [0.2, 0.25) is 0 Å². The molecule has 3 nitrogen and oxygen atoms in total. The minimum Gasteiger partial charge on any atom is -0.225 e. The Balaban J connectivity index is 3.63. The van der Waals surface area contributed by atoms with Crippen molar-refractivity contribution < 1.29 is 8.42 Å². The number of hydrogen-bond acceptors (Lipinski definition) is 2. The van der Waals surface area contributed by atoms with E-state index in [-0.39, 0.29) is 10.8 Å². The van der Waals surface area contributed by atoms with E-state index in [0.717, 1.165) is 15.6 Å². The van der Waals surface area contributed by atoms with Crippen LogP contribution in [-0.2, 0) is 10.0 Å². The van der Waals surface area contributed by atoms with Gasteiger partial charge in [-0.3, -0.25) is 0 Å². The van der Waals surface area contributed by atoms with E-state index in [1.54, 1.807) is 6.07 Å². The molecular weight excluding hydrogens is 302 g/mol. The summed E-state index contributed by atoms with van der Waals surface area (Å²) in [6.07, 6.45) is 0. The molecule has 0 bridgehead atoms. The van der Waals surface area contributed by atoms with Crippen LogP contribution < -0.4 is 5.14 Å². The summed E-state index contributed by atoms with van der Waals surface area (Å²) >= 11 is 3.51. The number of primary sulfonamides is 1. The molecule has 0 unspecified atom stereocenters. The molecule has 0 aliphatic rings. The van der Waals surface area contributed by atoms with Gasteiger partial charge < -0.3 is 0 Å². The van der Waals surface area contributed by atoms with Crippen molar-refractivity contribution in [2.75, 3.05) is 0 Å². The molecule has 0 spiro atoms. The first-order valence-corrected chi connectivity index (χ1v) is 7.85. The Bertz CT molecular complexity index is 522. The van der Waals surface area contributed by atoms with Crippen LogP contribution in [0.3, 0.4) is 0 Å². The number of sulfonamides is 1. The van der Waals surface area contributed by atoms with Gasteiger partial charge in [0.25, 0.3) is 0 Å². The molecule has 0 saturated carbocycles. The SMILES string of the molecule is CC(C)c1ccc(S(N)(=O)=O)c(C(C)C)c1Br. The maximum absolute atomic E-state index is 11.5. The molecule has 0 aliphatic carbocycles. The van der Waals surface area contributed by atoms with E-state index in [2.05, 4.69) is 29.8 Å². The lowest BCUT2D eigenvalue weighted by atomic mass is 9.96. The molecule has 0 amide bonds. The molecule has 1 rings (SSSR count). The molecule has 0 aromatic heterocycles. The van der Waals surface area contributed by atoms with Crippen molar-refractivity contribution in [2.45, 2.75) is 44.4 Å². The maximum atomic E-state index is 11.5. The standard InChI is InChI=1S/C12H18BrNO2S/c1-7(2)9-5-6-10(17(14,15)16)11(8(3)4)12(9)13/h5-8H,1-4H3,(H2,14,15,16). The predicted molar refractivity (Wildman–Crippen MR) is 73.7 cm³/mol. The van der Waals surface area contributed by atoms with Gasteiger partial charge in [-0.2, -0.15) is 0 Å². The Morgan fingerprint density at radius 2 is 1.65 bits per heavy atom. The molecule has 17 heavy (non-hydrogen) atoms. The average Bonchev–Trinajstić information content (AvgIpc) is 2.14. The second-order valence-electron chi connectivity index (χ2n) is 4.73. The molecule has 1 aromatic rings. The molecule has 0 aliphatic heterocycles. The van der Waals surface area contributed by atoms with E-state index in [9.17, 15) is 8.42 Å². The Morgan fingerprint density at radius 3 is 2.00 bits per heavy atom. The number of benzene rings is 1. The molecule has 1 aromatic carbocycles. The van der Waals surface area contributed by atoms with E-state index < -0.39 is 10.0 Å². The average molecular weight is 320 g/mol. The molecule has 0 saturated heterocycles. The third-order valence-corrected chi connectivity index (χ3v) is 4.53. The van der Waals surface area contributed by atoms with E-state index in [0.29, 0.717) is 5.92 Å². The van der Waals surface area contributed by atoms with Crippen LogP contribution in [0.1, 0.15) is 50.7 Å². The lowest BCUT2D eigenvalue weighted by molar-refractivity contribution is 0.595. The van der Waals surface area contributed by atoms with Gasteiger partial charge in [-0.25, -0.2) is 13.6 Å². The minimum atomic E-state index is -3.67. The maximum Gasteiger partial charge on any atom is 0.238 e. The summed E-state index contributed by atoms with van der Waals surface area (Å²) in [6, 6.07) is 3.42. The number of halogens is 1. The summed E-state index contributed by atoms with van der Waals surface area (Å²) in [6.45, 7) is 8.05. The smallest absolute Gasteiger partial charge is 0.225 e. The predicted octanol–water partition coefficient (Wildman–Crippen LogP) is 3.34. The van der Waals surface area contributed by atoms with Crippen molar-refractivity contribution in [1.82, 2.24) is 0 Å². The van der Waals surface area contributed by atoms with Gasteiger partial charge in [-0.15, -0.1) is 0 Å². The highest BCUT2D eigenvalue weighted by atomic mass is 79.9. The number of nitrogens with two attached hydrogens (primary N) is 1. The van der Waals surface area contributed by atoms with Gasteiger partial charge in [0, 0.05) is 4.47 Å². The monoisotopic (exact) mass is 319 g/mol. The second-order valence-corrected chi connectivity index (χ2v) is 7.06. The van der Waals surface area contributed by atoms with Crippen LogP contribution in [0, 0.1) is 0 Å². The fourth-order valence-corrected chi connectivity index (χ4v) is 4.12. The van der Waals surface area contributed by atoms with Crippen LogP contribution in [0.25, 0.3) is 0 Å². The van der Waals surface area contributed by atoms with Crippen LogP contribution in [0.15, 0.2) is 21.5 Å². The fourth-order valence-electron chi connectivity index (χ4n) is 1.82. The Morgan fingerprint density at radius 1 is 1.12 bits per heavy atom. The van der Waals surface area contributed by atoms with E-state index in [4.69, 9.17) is 5.14 Å². The summed E-state index contributed by atoms with van der Waals surface area (Å²) < 4.78 is 24.0. The van der Waals surface area contributed by atoms with Gasteiger partial charge in [0.2, 0.25) is 10.0 Å². The molecule has 0 atom stereocenters. The Hall–Kier alpha value is -0.390. The zero-order chi connectivity index (χ0) is 13.4. The molecule has 5 heteroatoms. The summed E-state index contributed by atoms with van der Waals surface area (Å²) in [5.74, 6) is 0.424. The molecule has 2 N–H and O–H groups in total. The first-order chi connectivity index (χ1) is 7.66. The van der Waals surface area contributed by atoms with Crippen molar-refractivity contribution in [2.24, 2.45) is 5.14 Å². The van der Waals surface area contributed by atoms with Gasteiger partial charge in [-0.1, -0.05) is 49.7 Å². The van der Waals surface area contributed by atoms with Gasteiger partial charge in [-0.05, 0) is 29.0 Å². The third kappa shape index (κ3) is 3.09.